The molecule has 3 aromatic rings. The van der Waals surface area contributed by atoms with Crippen LogP contribution in [0.1, 0.15) is 47.7 Å². The van der Waals surface area contributed by atoms with Crippen LogP contribution in [0.15, 0.2) is 53.7 Å². The summed E-state index contributed by atoms with van der Waals surface area (Å²) in [6.07, 6.45) is -0.138. The van der Waals surface area contributed by atoms with Gasteiger partial charge in [-0.3, -0.25) is 19.0 Å². The third kappa shape index (κ3) is 5.62. The van der Waals surface area contributed by atoms with Gasteiger partial charge in [-0.2, -0.15) is 0 Å². The summed E-state index contributed by atoms with van der Waals surface area (Å²) >= 11 is 0. The molecule has 4 rings (SSSR count). The van der Waals surface area contributed by atoms with Crippen LogP contribution in [0.2, 0.25) is 0 Å². The van der Waals surface area contributed by atoms with Crippen molar-refractivity contribution >= 4 is 31.9 Å². The number of rotatable bonds is 9. The number of benzene rings is 2. The van der Waals surface area contributed by atoms with Crippen molar-refractivity contribution in [1.29, 1.82) is 0 Å². The van der Waals surface area contributed by atoms with Crippen molar-refractivity contribution in [3.05, 3.63) is 81.8 Å². The Labute approximate surface area is 226 Å². The molecule has 0 spiro atoms. The van der Waals surface area contributed by atoms with E-state index in [9.17, 15) is 23.2 Å². The monoisotopic (exact) mass is 559 g/mol. The second-order valence-electron chi connectivity index (χ2n) is 9.50. The number of nitrogens with zero attached hydrogens (tertiary/aromatic N) is 3. The number of anilines is 1. The number of hydrogen-bond acceptors (Lipinski definition) is 5. The first kappa shape index (κ1) is 28.5. The minimum Gasteiger partial charge on any atom is -0.497 e. The molecule has 0 bridgehead atoms. The Morgan fingerprint density at radius 3 is 2.46 bits per heavy atom. The molecule has 0 aliphatic carbocycles. The number of amides is 1. The molecule has 2 heterocycles. The van der Waals surface area contributed by atoms with Gasteiger partial charge in [-0.25, -0.2) is 18.2 Å². The Kier molecular flexibility index (Phi) is 8.54. The fraction of sp³-hybridized carbons (Fsp3) is 0.357. The molecular formula is C28H29F3N3O4P. The number of alkyl halides is 2. The van der Waals surface area contributed by atoms with Crippen molar-refractivity contribution in [3.8, 4) is 5.75 Å². The molecular weight excluding hydrogens is 530 g/mol. The number of ketones is 1. The molecule has 39 heavy (non-hydrogen) atoms. The third-order valence-electron chi connectivity index (χ3n) is 7.19. The van der Waals surface area contributed by atoms with Crippen LogP contribution in [-0.4, -0.2) is 40.8 Å². The van der Waals surface area contributed by atoms with Gasteiger partial charge >= 0.3 is 0 Å². The molecule has 1 aromatic heterocycles. The summed E-state index contributed by atoms with van der Waals surface area (Å²) in [7, 11) is 3.84. The largest absolute Gasteiger partial charge is 0.497 e. The average molecular weight is 560 g/mol. The SMILES string of the molecule is CCc1ccc(C(=O)C[C@@H]2C(=O)N(c3cncn(CC(F)F)c3=O)[C@H](C)[C@H]2c2c(F)cc(OC)cc2P)cc1. The van der Waals surface area contributed by atoms with E-state index in [-0.39, 0.29) is 29.2 Å². The molecule has 11 heteroatoms. The first-order valence-electron chi connectivity index (χ1n) is 12.5. The standard InChI is InChI=1S/C28H29F3N3O4P/c1-4-16-5-7-17(8-6-16)22(35)11-19-25(26-20(29)9-18(38-3)10-23(26)39)15(2)34(27(19)36)21-12-32-14-33(28(21)37)13-24(30)31/h5-10,12,14-15,19,24-25H,4,11,13,39H2,1-3H3/t15-,19+,25-/m1/s1. The van der Waals surface area contributed by atoms with Crippen molar-refractivity contribution in [2.45, 2.75) is 51.6 Å². The van der Waals surface area contributed by atoms with E-state index in [4.69, 9.17) is 4.74 Å². The maximum absolute atomic E-state index is 15.5. The van der Waals surface area contributed by atoms with E-state index in [1.54, 1.807) is 25.1 Å². The average Bonchev–Trinajstić information content (AvgIpc) is 3.13. The van der Waals surface area contributed by atoms with Crippen LogP contribution in [0.5, 0.6) is 5.75 Å². The molecule has 2 aromatic carbocycles. The molecule has 0 saturated carbocycles. The highest BCUT2D eigenvalue weighted by atomic mass is 31.0. The van der Waals surface area contributed by atoms with E-state index in [0.29, 0.717) is 10.9 Å². The smallest absolute Gasteiger partial charge is 0.277 e. The quantitative estimate of drug-likeness (QED) is 0.291. The predicted octanol–water partition coefficient (Wildman–Crippen LogP) is 4.13. The summed E-state index contributed by atoms with van der Waals surface area (Å²) in [5.74, 6) is -3.10. The molecule has 206 valence electrons. The van der Waals surface area contributed by atoms with Crippen molar-refractivity contribution in [1.82, 2.24) is 9.55 Å². The summed E-state index contributed by atoms with van der Waals surface area (Å²) in [5.41, 5.74) is 0.618. The topological polar surface area (TPSA) is 81.5 Å². The number of aromatic nitrogens is 2. The van der Waals surface area contributed by atoms with Gasteiger partial charge in [0.1, 0.15) is 17.3 Å². The van der Waals surface area contributed by atoms with Crippen LogP contribution in [0.3, 0.4) is 0 Å². The van der Waals surface area contributed by atoms with Crippen LogP contribution in [0, 0.1) is 11.7 Å². The number of methoxy groups -OCH3 is 1. The Morgan fingerprint density at radius 2 is 1.87 bits per heavy atom. The zero-order chi connectivity index (χ0) is 28.4. The first-order valence-corrected chi connectivity index (χ1v) is 13.1. The first-order chi connectivity index (χ1) is 18.6. The van der Waals surface area contributed by atoms with Crippen LogP contribution in [0.25, 0.3) is 0 Å². The highest BCUT2D eigenvalue weighted by Gasteiger charge is 2.50. The lowest BCUT2D eigenvalue weighted by molar-refractivity contribution is -0.120. The van der Waals surface area contributed by atoms with Crippen LogP contribution in [0.4, 0.5) is 18.9 Å². The molecule has 0 N–H and O–H groups in total. The zero-order valence-corrected chi connectivity index (χ0v) is 22.9. The molecule has 1 amide bonds. The van der Waals surface area contributed by atoms with Gasteiger partial charge in [-0.15, -0.1) is 9.24 Å². The highest BCUT2D eigenvalue weighted by Crippen LogP contribution is 2.44. The van der Waals surface area contributed by atoms with Gasteiger partial charge in [-0.05, 0) is 30.3 Å². The van der Waals surface area contributed by atoms with Gasteiger partial charge < -0.3 is 9.64 Å². The Hall–Kier alpha value is -3.52. The molecule has 0 radical (unpaired) electrons. The van der Waals surface area contributed by atoms with E-state index in [2.05, 4.69) is 14.2 Å². The van der Waals surface area contributed by atoms with E-state index >= 15 is 4.39 Å². The number of ether oxygens (including phenoxy) is 1. The maximum atomic E-state index is 15.5. The van der Waals surface area contributed by atoms with Crippen molar-refractivity contribution < 1.29 is 27.5 Å². The molecule has 1 unspecified atom stereocenters. The van der Waals surface area contributed by atoms with E-state index in [1.165, 1.54) is 13.2 Å². The Bertz CT molecular complexity index is 1420. The van der Waals surface area contributed by atoms with Gasteiger partial charge in [0.05, 0.1) is 32.1 Å². The fourth-order valence-electron chi connectivity index (χ4n) is 5.23. The van der Waals surface area contributed by atoms with Crippen LogP contribution in [-0.2, 0) is 17.8 Å². The Balaban J connectivity index is 1.81. The molecule has 1 saturated heterocycles. The minimum atomic E-state index is -2.81. The fourth-order valence-corrected chi connectivity index (χ4v) is 5.73. The number of carbonyl (C=O) groups excluding carboxylic acids is 2. The molecule has 4 atom stereocenters. The number of carbonyl (C=O) groups is 2. The van der Waals surface area contributed by atoms with Crippen molar-refractivity contribution in [2.24, 2.45) is 5.92 Å². The van der Waals surface area contributed by atoms with E-state index in [0.717, 1.165) is 34.0 Å². The highest BCUT2D eigenvalue weighted by molar-refractivity contribution is 7.27. The second kappa shape index (κ2) is 11.7. The van der Waals surface area contributed by atoms with Gasteiger partial charge in [0, 0.05) is 35.6 Å². The predicted molar refractivity (Wildman–Crippen MR) is 145 cm³/mol. The summed E-state index contributed by atoms with van der Waals surface area (Å²) in [4.78, 5) is 45.4. The molecule has 1 aliphatic rings. The summed E-state index contributed by atoms with van der Waals surface area (Å²) < 4.78 is 47.5. The van der Waals surface area contributed by atoms with Gasteiger partial charge in [0.25, 0.3) is 12.0 Å². The molecule has 1 fully saturated rings. The number of aryl methyl sites for hydroxylation is 1. The summed E-state index contributed by atoms with van der Waals surface area (Å²) in [6, 6.07) is 9.06. The van der Waals surface area contributed by atoms with Crippen LogP contribution >= 0.6 is 9.24 Å². The Morgan fingerprint density at radius 1 is 1.18 bits per heavy atom. The van der Waals surface area contributed by atoms with E-state index in [1.807, 2.05) is 19.1 Å². The van der Waals surface area contributed by atoms with Gasteiger partial charge in [0.2, 0.25) is 5.91 Å². The normalized spacial score (nSPS) is 19.1. The lowest BCUT2D eigenvalue weighted by atomic mass is 9.80. The third-order valence-corrected chi connectivity index (χ3v) is 7.66. The minimum absolute atomic E-state index is 0.195. The van der Waals surface area contributed by atoms with E-state index < -0.39 is 48.1 Å². The summed E-state index contributed by atoms with van der Waals surface area (Å²) in [5, 5.41) is 0.435. The summed E-state index contributed by atoms with van der Waals surface area (Å²) in [6.45, 7) is 2.74. The lowest BCUT2D eigenvalue weighted by Gasteiger charge is -2.26. The molecule has 7 nitrogen and oxygen atoms in total. The van der Waals surface area contributed by atoms with Gasteiger partial charge in [0.15, 0.2) is 5.78 Å². The second-order valence-corrected chi connectivity index (χ2v) is 10.1. The van der Waals surface area contributed by atoms with Crippen molar-refractivity contribution in [2.75, 3.05) is 12.0 Å². The van der Waals surface area contributed by atoms with Crippen molar-refractivity contribution in [3.63, 3.8) is 0 Å². The molecule has 1 aliphatic heterocycles. The maximum Gasteiger partial charge on any atom is 0.277 e. The van der Waals surface area contributed by atoms with Gasteiger partial charge in [-0.1, -0.05) is 31.2 Å². The number of halogens is 3. The number of Topliss-reactive ketones (excluding diaryl/α,β-unsaturated/α-hetero) is 1. The zero-order valence-electron chi connectivity index (χ0n) is 21.7. The van der Waals surface area contributed by atoms with Crippen LogP contribution < -0.4 is 20.5 Å². The number of hydrogen-bond donors (Lipinski definition) is 0. The lowest BCUT2D eigenvalue weighted by Crippen LogP contribution is -2.39.